The summed E-state index contributed by atoms with van der Waals surface area (Å²) in [5.41, 5.74) is 3.37. The normalized spacial score (nSPS) is 11.1. The molecule has 0 bridgehead atoms. The molecule has 0 spiro atoms. The minimum Gasteiger partial charge on any atom is -0.492 e. The van der Waals surface area contributed by atoms with Crippen molar-refractivity contribution in [2.45, 2.75) is 34.2 Å². The number of para-hydroxylation sites is 2. The van der Waals surface area contributed by atoms with Crippen molar-refractivity contribution >= 4 is 0 Å². The van der Waals surface area contributed by atoms with E-state index in [9.17, 15) is 0 Å². The average Bonchev–Trinajstić information content (AvgIpc) is 2.81. The third kappa shape index (κ3) is 3.85. The summed E-state index contributed by atoms with van der Waals surface area (Å²) in [4.78, 5) is 0. The van der Waals surface area contributed by atoms with Crippen LogP contribution in [0.3, 0.4) is 0 Å². The van der Waals surface area contributed by atoms with Crippen LogP contribution < -0.4 is 10.1 Å². The van der Waals surface area contributed by atoms with Crippen molar-refractivity contribution in [3.63, 3.8) is 0 Å². The standard InChI is InChI=1S/C17H25N3O/c1-5-21-17-9-7-6-8-16(17)20-14(4)15(12-19-20)11-18-10-13(2)3/h6-9,12-13,18H,5,10-11H2,1-4H3. The highest BCUT2D eigenvalue weighted by Crippen LogP contribution is 2.24. The van der Waals surface area contributed by atoms with Gasteiger partial charge in [-0.1, -0.05) is 26.0 Å². The van der Waals surface area contributed by atoms with Gasteiger partial charge in [0.15, 0.2) is 0 Å². The molecule has 1 aromatic heterocycles. The summed E-state index contributed by atoms with van der Waals surface area (Å²) in [6.07, 6.45) is 1.94. The number of rotatable bonds is 7. The molecule has 0 saturated heterocycles. The van der Waals surface area contributed by atoms with E-state index in [1.54, 1.807) is 0 Å². The maximum atomic E-state index is 5.69. The average molecular weight is 287 g/mol. The van der Waals surface area contributed by atoms with Crippen molar-refractivity contribution in [1.29, 1.82) is 0 Å². The lowest BCUT2D eigenvalue weighted by atomic mass is 10.2. The second-order valence-electron chi connectivity index (χ2n) is 5.59. The fourth-order valence-corrected chi connectivity index (χ4v) is 2.27. The zero-order chi connectivity index (χ0) is 15.2. The first kappa shape index (κ1) is 15.6. The first-order chi connectivity index (χ1) is 10.1. The van der Waals surface area contributed by atoms with E-state index in [0.29, 0.717) is 12.5 Å². The molecule has 0 fully saturated rings. The predicted octanol–water partition coefficient (Wildman–Crippen LogP) is 3.33. The number of ether oxygens (including phenoxy) is 1. The maximum absolute atomic E-state index is 5.69. The molecule has 0 radical (unpaired) electrons. The van der Waals surface area contributed by atoms with Crippen LogP contribution in [0, 0.1) is 12.8 Å². The second-order valence-corrected chi connectivity index (χ2v) is 5.59. The summed E-state index contributed by atoms with van der Waals surface area (Å²) in [5.74, 6) is 1.52. The Morgan fingerprint density at radius 3 is 2.76 bits per heavy atom. The van der Waals surface area contributed by atoms with Gasteiger partial charge in [0.1, 0.15) is 11.4 Å². The van der Waals surface area contributed by atoms with E-state index >= 15 is 0 Å². The van der Waals surface area contributed by atoms with Gasteiger partial charge in [0.05, 0.1) is 12.8 Å². The minimum absolute atomic E-state index is 0.652. The molecule has 21 heavy (non-hydrogen) atoms. The molecule has 0 saturated carbocycles. The lowest BCUT2D eigenvalue weighted by Crippen LogP contribution is -2.19. The summed E-state index contributed by atoms with van der Waals surface area (Å²) in [7, 11) is 0. The highest BCUT2D eigenvalue weighted by Gasteiger charge is 2.11. The molecular formula is C17H25N3O. The van der Waals surface area contributed by atoms with Crippen LogP contribution in [0.25, 0.3) is 5.69 Å². The van der Waals surface area contributed by atoms with Crippen molar-refractivity contribution < 1.29 is 4.74 Å². The van der Waals surface area contributed by atoms with Gasteiger partial charge in [0.25, 0.3) is 0 Å². The summed E-state index contributed by atoms with van der Waals surface area (Å²) in [6.45, 7) is 11.0. The number of nitrogens with zero attached hydrogens (tertiary/aromatic N) is 2. The quantitative estimate of drug-likeness (QED) is 0.849. The fourth-order valence-electron chi connectivity index (χ4n) is 2.27. The first-order valence-electron chi connectivity index (χ1n) is 7.59. The van der Waals surface area contributed by atoms with Crippen LogP contribution in [0.5, 0.6) is 5.75 Å². The summed E-state index contributed by atoms with van der Waals surface area (Å²) < 4.78 is 7.65. The van der Waals surface area contributed by atoms with Gasteiger partial charge in [-0.3, -0.25) is 0 Å². The molecular weight excluding hydrogens is 262 g/mol. The fraction of sp³-hybridized carbons (Fsp3) is 0.471. The highest BCUT2D eigenvalue weighted by molar-refractivity contribution is 5.47. The molecule has 2 aromatic rings. The highest BCUT2D eigenvalue weighted by atomic mass is 16.5. The van der Waals surface area contributed by atoms with E-state index in [2.05, 4.69) is 31.2 Å². The van der Waals surface area contributed by atoms with Gasteiger partial charge in [0, 0.05) is 17.8 Å². The zero-order valence-corrected chi connectivity index (χ0v) is 13.4. The van der Waals surface area contributed by atoms with Crippen LogP contribution in [0.15, 0.2) is 30.5 Å². The van der Waals surface area contributed by atoms with Gasteiger partial charge < -0.3 is 10.1 Å². The Hall–Kier alpha value is -1.81. The van der Waals surface area contributed by atoms with E-state index in [1.807, 2.05) is 42.1 Å². The Bertz CT molecular complexity index is 575. The molecule has 0 aliphatic heterocycles. The first-order valence-corrected chi connectivity index (χ1v) is 7.59. The number of hydrogen-bond donors (Lipinski definition) is 1. The lowest BCUT2D eigenvalue weighted by Gasteiger charge is -2.12. The molecule has 4 nitrogen and oxygen atoms in total. The van der Waals surface area contributed by atoms with Gasteiger partial charge in [0.2, 0.25) is 0 Å². The van der Waals surface area contributed by atoms with Crippen LogP contribution in [-0.4, -0.2) is 22.9 Å². The molecule has 0 aliphatic carbocycles. The molecule has 1 aromatic carbocycles. The van der Waals surface area contributed by atoms with Crippen molar-refractivity contribution in [1.82, 2.24) is 15.1 Å². The van der Waals surface area contributed by atoms with Gasteiger partial charge in [-0.25, -0.2) is 4.68 Å². The van der Waals surface area contributed by atoms with Crippen LogP contribution in [0.4, 0.5) is 0 Å². The molecule has 1 heterocycles. The van der Waals surface area contributed by atoms with Crippen LogP contribution in [0.2, 0.25) is 0 Å². The van der Waals surface area contributed by atoms with Crippen molar-refractivity contribution in [2.24, 2.45) is 5.92 Å². The third-order valence-corrected chi connectivity index (χ3v) is 3.37. The molecule has 1 N–H and O–H groups in total. The van der Waals surface area contributed by atoms with E-state index in [0.717, 1.165) is 30.2 Å². The number of benzene rings is 1. The molecule has 0 aliphatic rings. The van der Waals surface area contributed by atoms with Crippen LogP contribution in [0.1, 0.15) is 32.0 Å². The predicted molar refractivity (Wildman–Crippen MR) is 86.0 cm³/mol. The topological polar surface area (TPSA) is 39.1 Å². The van der Waals surface area contributed by atoms with Crippen LogP contribution >= 0.6 is 0 Å². The molecule has 0 amide bonds. The molecule has 0 unspecified atom stereocenters. The SMILES string of the molecule is CCOc1ccccc1-n1ncc(CNCC(C)C)c1C. The summed E-state index contributed by atoms with van der Waals surface area (Å²) in [6, 6.07) is 8.01. The molecule has 114 valence electrons. The monoisotopic (exact) mass is 287 g/mol. The molecule has 2 rings (SSSR count). The zero-order valence-electron chi connectivity index (χ0n) is 13.4. The summed E-state index contributed by atoms with van der Waals surface area (Å²) in [5, 5.41) is 7.99. The Balaban J connectivity index is 2.20. The largest absolute Gasteiger partial charge is 0.492 e. The van der Waals surface area contributed by atoms with Crippen molar-refractivity contribution in [3.05, 3.63) is 41.7 Å². The van der Waals surface area contributed by atoms with Crippen LogP contribution in [-0.2, 0) is 6.54 Å². The molecule has 4 heteroatoms. The Morgan fingerprint density at radius 1 is 1.29 bits per heavy atom. The van der Waals surface area contributed by atoms with Gasteiger partial charge in [-0.05, 0) is 38.4 Å². The van der Waals surface area contributed by atoms with E-state index in [-0.39, 0.29) is 0 Å². The van der Waals surface area contributed by atoms with E-state index in [1.165, 1.54) is 5.56 Å². The Labute approximate surface area is 127 Å². The lowest BCUT2D eigenvalue weighted by molar-refractivity contribution is 0.338. The Morgan fingerprint density at radius 2 is 2.05 bits per heavy atom. The number of aromatic nitrogens is 2. The van der Waals surface area contributed by atoms with E-state index < -0.39 is 0 Å². The van der Waals surface area contributed by atoms with Crippen molar-refractivity contribution in [2.75, 3.05) is 13.2 Å². The maximum Gasteiger partial charge on any atom is 0.144 e. The van der Waals surface area contributed by atoms with Gasteiger partial charge >= 0.3 is 0 Å². The van der Waals surface area contributed by atoms with E-state index in [4.69, 9.17) is 4.74 Å². The van der Waals surface area contributed by atoms with Crippen molar-refractivity contribution in [3.8, 4) is 11.4 Å². The number of hydrogen-bond acceptors (Lipinski definition) is 3. The molecule has 0 atom stereocenters. The number of nitrogens with one attached hydrogen (secondary N) is 1. The Kier molecular flexibility index (Phi) is 5.39. The third-order valence-electron chi connectivity index (χ3n) is 3.37. The summed E-state index contributed by atoms with van der Waals surface area (Å²) >= 11 is 0. The van der Waals surface area contributed by atoms with Gasteiger partial charge in [-0.2, -0.15) is 5.10 Å². The smallest absolute Gasteiger partial charge is 0.144 e. The minimum atomic E-state index is 0.652. The van der Waals surface area contributed by atoms with Gasteiger partial charge in [-0.15, -0.1) is 0 Å². The second kappa shape index (κ2) is 7.27.